The average molecular weight is 102 g/mol. The Morgan fingerprint density at radius 2 is 2.50 bits per heavy atom. The highest BCUT2D eigenvalue weighted by atomic mass is 32.2. The summed E-state index contributed by atoms with van der Waals surface area (Å²) in [6.45, 7) is 1.17. The molecule has 1 aliphatic heterocycles. The van der Waals surface area contributed by atoms with Gasteiger partial charge in [0, 0.05) is 19.3 Å². The molecule has 0 saturated carbocycles. The van der Waals surface area contributed by atoms with Crippen LogP contribution >= 0.6 is 11.9 Å². The maximum Gasteiger partial charge on any atom is 0.0227 e. The molecule has 1 rings (SSSR count). The van der Waals surface area contributed by atoms with Gasteiger partial charge in [0.1, 0.15) is 0 Å². The smallest absolute Gasteiger partial charge is 0.0227 e. The summed E-state index contributed by atoms with van der Waals surface area (Å²) in [5.41, 5.74) is 0. The third-order valence-corrected chi connectivity index (χ3v) is 1.84. The van der Waals surface area contributed by atoms with Crippen molar-refractivity contribution in [2.24, 2.45) is 0 Å². The van der Waals surface area contributed by atoms with Gasteiger partial charge in [-0.25, -0.2) is 4.31 Å². The molecule has 6 heavy (non-hydrogen) atoms. The molecular formula is C4H8NS. The minimum atomic E-state index is 1.17. The predicted octanol–water partition coefficient (Wildman–Crippen LogP) is 1.13. The van der Waals surface area contributed by atoms with Crippen LogP contribution in [0.15, 0.2) is 0 Å². The Labute approximate surface area is 42.8 Å². The van der Waals surface area contributed by atoms with E-state index in [0.717, 1.165) is 0 Å². The first-order valence-electron chi connectivity index (χ1n) is 2.10. The van der Waals surface area contributed by atoms with Gasteiger partial charge in [-0.3, -0.25) is 0 Å². The lowest BCUT2D eigenvalue weighted by Crippen LogP contribution is -1.97. The summed E-state index contributed by atoms with van der Waals surface area (Å²) in [5.74, 6) is 1.27. The van der Waals surface area contributed by atoms with Crippen LogP contribution in [0.5, 0.6) is 0 Å². The molecule has 0 aromatic heterocycles. The molecule has 1 saturated heterocycles. The third-order valence-electron chi connectivity index (χ3n) is 0.826. The van der Waals surface area contributed by atoms with E-state index < -0.39 is 0 Å². The van der Waals surface area contributed by atoms with Gasteiger partial charge in [-0.2, -0.15) is 0 Å². The first-order chi connectivity index (χ1) is 2.89. The number of nitrogens with zero attached hydrogens (tertiary/aromatic N) is 1. The number of hydrogen-bond donors (Lipinski definition) is 0. The molecule has 0 spiro atoms. The van der Waals surface area contributed by atoms with Crippen LogP contribution in [0.2, 0.25) is 0 Å². The second-order valence-electron chi connectivity index (χ2n) is 1.39. The average Bonchev–Trinajstić information content (AvgIpc) is 1.86. The lowest BCUT2D eigenvalue weighted by Gasteiger charge is -1.99. The monoisotopic (exact) mass is 102 g/mol. The van der Waals surface area contributed by atoms with Crippen molar-refractivity contribution in [1.82, 2.24) is 4.31 Å². The Morgan fingerprint density at radius 1 is 1.67 bits per heavy atom. The minimum Gasteiger partial charge on any atom is -0.249 e. The molecule has 0 aromatic carbocycles. The second kappa shape index (κ2) is 1.85. The zero-order chi connectivity index (χ0) is 4.41. The Hall–Kier alpha value is 0.310. The standard InChI is InChI=1S/C4H8NS/c1-5-3-2-4-6-5/h1-4H2. The highest BCUT2D eigenvalue weighted by Crippen LogP contribution is 2.16. The molecule has 0 aromatic rings. The van der Waals surface area contributed by atoms with E-state index in [1.54, 1.807) is 0 Å². The second-order valence-corrected chi connectivity index (χ2v) is 2.58. The maximum atomic E-state index is 3.73. The Balaban J connectivity index is 2.18. The van der Waals surface area contributed by atoms with Crippen molar-refractivity contribution >= 4 is 11.9 Å². The van der Waals surface area contributed by atoms with Crippen molar-refractivity contribution in [3.63, 3.8) is 0 Å². The van der Waals surface area contributed by atoms with E-state index in [1.807, 2.05) is 16.3 Å². The van der Waals surface area contributed by atoms with E-state index in [4.69, 9.17) is 0 Å². The lowest BCUT2D eigenvalue weighted by atomic mass is 10.5. The van der Waals surface area contributed by atoms with E-state index in [9.17, 15) is 0 Å². The van der Waals surface area contributed by atoms with Crippen LogP contribution in [0.25, 0.3) is 0 Å². The maximum absolute atomic E-state index is 3.73. The van der Waals surface area contributed by atoms with E-state index in [-0.39, 0.29) is 0 Å². The van der Waals surface area contributed by atoms with Gasteiger partial charge in [0.25, 0.3) is 0 Å². The molecule has 35 valence electrons. The molecule has 1 nitrogen and oxygen atoms in total. The summed E-state index contributed by atoms with van der Waals surface area (Å²) in [5, 5.41) is 0. The molecule has 0 atom stereocenters. The van der Waals surface area contributed by atoms with Crippen molar-refractivity contribution in [1.29, 1.82) is 0 Å². The summed E-state index contributed by atoms with van der Waals surface area (Å²) in [7, 11) is 3.73. The van der Waals surface area contributed by atoms with Gasteiger partial charge in [0.05, 0.1) is 0 Å². The summed E-state index contributed by atoms with van der Waals surface area (Å²) in [4.78, 5) is 0. The molecular weight excluding hydrogens is 94.1 g/mol. The van der Waals surface area contributed by atoms with Crippen molar-refractivity contribution in [2.45, 2.75) is 6.42 Å². The Morgan fingerprint density at radius 3 is 2.67 bits per heavy atom. The van der Waals surface area contributed by atoms with Gasteiger partial charge in [0.2, 0.25) is 0 Å². The first kappa shape index (κ1) is 4.47. The molecule has 0 unspecified atom stereocenters. The number of rotatable bonds is 0. The highest BCUT2D eigenvalue weighted by Gasteiger charge is 2.04. The normalized spacial score (nSPS) is 25.5. The fraction of sp³-hybridized carbons (Fsp3) is 0.750. The third kappa shape index (κ3) is 0.884. The van der Waals surface area contributed by atoms with Crippen molar-refractivity contribution in [2.75, 3.05) is 12.3 Å². The molecule has 1 heterocycles. The summed E-state index contributed by atoms with van der Waals surface area (Å²) in [6, 6.07) is 0. The SMILES string of the molecule is [CH2]N1CCCS1. The summed E-state index contributed by atoms with van der Waals surface area (Å²) >= 11 is 1.82. The van der Waals surface area contributed by atoms with Crippen LogP contribution < -0.4 is 0 Å². The molecule has 0 aliphatic carbocycles. The topological polar surface area (TPSA) is 3.24 Å². The summed E-state index contributed by atoms with van der Waals surface area (Å²) < 4.78 is 2.03. The molecule has 2 heteroatoms. The van der Waals surface area contributed by atoms with Gasteiger partial charge in [0.15, 0.2) is 0 Å². The van der Waals surface area contributed by atoms with Gasteiger partial charge in [-0.05, 0) is 6.42 Å². The fourth-order valence-corrected chi connectivity index (χ4v) is 1.27. The Kier molecular flexibility index (Phi) is 1.37. The van der Waals surface area contributed by atoms with Crippen LogP contribution in [0.3, 0.4) is 0 Å². The van der Waals surface area contributed by atoms with Crippen LogP contribution in [0.4, 0.5) is 0 Å². The van der Waals surface area contributed by atoms with Crippen LogP contribution in [0.1, 0.15) is 6.42 Å². The van der Waals surface area contributed by atoms with Crippen LogP contribution in [0, 0.1) is 7.05 Å². The molecule has 1 fully saturated rings. The number of hydrogen-bond acceptors (Lipinski definition) is 2. The van der Waals surface area contributed by atoms with Crippen LogP contribution in [-0.4, -0.2) is 16.6 Å². The fourth-order valence-electron chi connectivity index (χ4n) is 0.499. The van der Waals surface area contributed by atoms with E-state index in [1.165, 1.54) is 18.7 Å². The Bertz CT molecular complexity index is 40.8. The van der Waals surface area contributed by atoms with Gasteiger partial charge in [-0.1, -0.05) is 11.9 Å². The first-order valence-corrected chi connectivity index (χ1v) is 3.05. The zero-order valence-electron chi connectivity index (χ0n) is 3.68. The largest absolute Gasteiger partial charge is 0.249 e. The highest BCUT2D eigenvalue weighted by molar-refractivity contribution is 7.97. The van der Waals surface area contributed by atoms with Gasteiger partial charge >= 0.3 is 0 Å². The van der Waals surface area contributed by atoms with Crippen molar-refractivity contribution in [3.8, 4) is 0 Å². The van der Waals surface area contributed by atoms with E-state index in [0.29, 0.717) is 0 Å². The summed E-state index contributed by atoms with van der Waals surface area (Å²) in [6.07, 6.45) is 1.31. The predicted molar refractivity (Wildman–Crippen MR) is 29.1 cm³/mol. The van der Waals surface area contributed by atoms with Gasteiger partial charge < -0.3 is 0 Å². The molecule has 1 radical (unpaired) electrons. The van der Waals surface area contributed by atoms with Crippen molar-refractivity contribution in [3.05, 3.63) is 7.05 Å². The van der Waals surface area contributed by atoms with E-state index >= 15 is 0 Å². The molecule has 0 amide bonds. The molecule has 0 bridgehead atoms. The lowest BCUT2D eigenvalue weighted by molar-refractivity contribution is 0.644. The van der Waals surface area contributed by atoms with Gasteiger partial charge in [-0.15, -0.1) is 0 Å². The molecule has 1 aliphatic rings. The quantitative estimate of drug-likeness (QED) is 0.422. The molecule has 0 N–H and O–H groups in total. The van der Waals surface area contributed by atoms with E-state index in [2.05, 4.69) is 7.05 Å². The minimum absolute atomic E-state index is 1.17. The van der Waals surface area contributed by atoms with Crippen molar-refractivity contribution < 1.29 is 0 Å². The van der Waals surface area contributed by atoms with Crippen LogP contribution in [-0.2, 0) is 0 Å². The zero-order valence-corrected chi connectivity index (χ0v) is 4.50.